The van der Waals surface area contributed by atoms with Gasteiger partial charge in [0.2, 0.25) is 11.8 Å². The summed E-state index contributed by atoms with van der Waals surface area (Å²) in [6.45, 7) is 4.31. The van der Waals surface area contributed by atoms with Crippen LogP contribution in [0.15, 0.2) is 59.7 Å². The Morgan fingerprint density at radius 1 is 0.935 bits per heavy atom. The standard InChI is InChI=1S/C43H45F2N9O7S/c44-28-11-18-52(24-28)62(59,60)49-37-6-4-35(45)40(34(37)21-46)61-31-2-5-36-33(20-31)43(58)54(25-47-36)29-12-14-50(15-13-29)22-26-9-16-51(17-10-26)30-1-3-32-27(19-30)23-53(42(32)57)38-7-8-39(55)48-41(38)56/h1-6,19-20,25-26,28-29,38,49H,7-18,22-24H2,(H,48,55,56)/t28-,38?/m1/s1. The van der Waals surface area contributed by atoms with E-state index >= 15 is 4.39 Å². The summed E-state index contributed by atoms with van der Waals surface area (Å²) >= 11 is 0. The highest BCUT2D eigenvalue weighted by atomic mass is 32.2. The van der Waals surface area contributed by atoms with Crippen molar-refractivity contribution < 1.29 is 36.3 Å². The first-order valence-corrected chi connectivity index (χ1v) is 22.4. The Labute approximate surface area is 356 Å². The van der Waals surface area contributed by atoms with Gasteiger partial charge in [-0.15, -0.1) is 0 Å². The van der Waals surface area contributed by atoms with E-state index in [2.05, 4.69) is 30.9 Å². The third-order valence-corrected chi connectivity index (χ3v) is 14.3. The van der Waals surface area contributed by atoms with Crippen molar-refractivity contribution in [2.24, 2.45) is 5.92 Å². The second-order valence-corrected chi connectivity index (χ2v) is 18.4. The van der Waals surface area contributed by atoms with Crippen LogP contribution in [0.3, 0.4) is 0 Å². The van der Waals surface area contributed by atoms with Crippen LogP contribution < -0.4 is 25.2 Å². The fourth-order valence-corrected chi connectivity index (χ4v) is 10.7. The molecule has 62 heavy (non-hydrogen) atoms. The van der Waals surface area contributed by atoms with Crippen LogP contribution in [0.4, 0.5) is 20.2 Å². The zero-order valence-electron chi connectivity index (χ0n) is 33.8. The molecule has 3 aromatic carbocycles. The highest BCUT2D eigenvalue weighted by Gasteiger charge is 2.39. The third kappa shape index (κ3) is 8.09. The Morgan fingerprint density at radius 2 is 1.73 bits per heavy atom. The first kappa shape index (κ1) is 41.4. The number of carbonyl (C=O) groups excluding carboxylic acids is 3. The molecular weight excluding hydrogens is 825 g/mol. The topological polar surface area (TPSA) is 190 Å². The van der Waals surface area contributed by atoms with E-state index in [1.807, 2.05) is 18.2 Å². The number of ether oxygens (including phenoxy) is 1. The maximum Gasteiger partial charge on any atom is 0.301 e. The second kappa shape index (κ2) is 16.7. The molecule has 0 saturated carbocycles. The molecule has 16 nitrogen and oxygen atoms in total. The molecule has 6 heterocycles. The van der Waals surface area contributed by atoms with Gasteiger partial charge >= 0.3 is 10.2 Å². The number of aromatic nitrogens is 2. The molecule has 0 radical (unpaired) electrons. The molecule has 0 bridgehead atoms. The Morgan fingerprint density at radius 3 is 2.45 bits per heavy atom. The van der Waals surface area contributed by atoms with Crippen molar-refractivity contribution in [3.05, 3.63) is 87.7 Å². The van der Waals surface area contributed by atoms with Crippen molar-refractivity contribution in [3.8, 4) is 17.6 Å². The van der Waals surface area contributed by atoms with E-state index in [-0.39, 0.29) is 66.2 Å². The molecular formula is C43H45F2N9O7S. The molecule has 3 amide bonds. The number of hydrogen-bond acceptors (Lipinski definition) is 11. The minimum absolute atomic E-state index is 0.0338. The lowest BCUT2D eigenvalue weighted by molar-refractivity contribution is -0.136. The van der Waals surface area contributed by atoms with E-state index < -0.39 is 45.5 Å². The summed E-state index contributed by atoms with van der Waals surface area (Å²) in [7, 11) is -4.23. The Bertz CT molecular complexity index is 2680. The zero-order valence-corrected chi connectivity index (χ0v) is 34.6. The van der Waals surface area contributed by atoms with Gasteiger partial charge in [-0.05, 0) is 98.5 Å². The maximum atomic E-state index is 15.2. The number of nitrogens with one attached hydrogen (secondary N) is 2. The van der Waals surface area contributed by atoms with E-state index in [4.69, 9.17) is 4.74 Å². The van der Waals surface area contributed by atoms with Gasteiger partial charge in [0.1, 0.15) is 29.6 Å². The number of halogens is 2. The lowest BCUT2D eigenvalue weighted by Gasteiger charge is -2.38. The molecule has 5 aliphatic rings. The quantitative estimate of drug-likeness (QED) is 0.217. The molecule has 1 unspecified atom stereocenters. The smallest absolute Gasteiger partial charge is 0.301 e. The SMILES string of the molecule is N#Cc1c(NS(=O)(=O)N2CC[C@@H](F)C2)ccc(F)c1Oc1ccc2ncn(C3CCN(CC4CCN(c5ccc6c(c5)CN(C5CCC(=O)NC5=O)C6=O)CC4)CC3)c(=O)c2c1. The van der Waals surface area contributed by atoms with Gasteiger partial charge in [0, 0.05) is 76.1 Å². The van der Waals surface area contributed by atoms with Crippen LogP contribution in [0, 0.1) is 23.1 Å². The van der Waals surface area contributed by atoms with Gasteiger partial charge in [-0.1, -0.05) is 0 Å². The van der Waals surface area contributed by atoms with Crippen molar-refractivity contribution in [1.29, 1.82) is 5.26 Å². The van der Waals surface area contributed by atoms with Gasteiger partial charge in [-0.2, -0.15) is 18.0 Å². The monoisotopic (exact) mass is 869 g/mol. The first-order chi connectivity index (χ1) is 29.8. The maximum absolute atomic E-state index is 15.2. The van der Waals surface area contributed by atoms with E-state index in [0.29, 0.717) is 30.0 Å². The number of amides is 3. The fourth-order valence-electron chi connectivity index (χ4n) is 9.40. The molecule has 0 spiro atoms. The number of piperidine rings is 3. The summed E-state index contributed by atoms with van der Waals surface area (Å²) in [5, 5.41) is 12.5. The number of anilines is 2. The van der Waals surface area contributed by atoms with Crippen molar-refractivity contribution in [2.45, 2.75) is 69.7 Å². The number of carbonyl (C=O) groups is 3. The lowest BCUT2D eigenvalue weighted by Crippen LogP contribution is -2.52. The van der Waals surface area contributed by atoms with Crippen LogP contribution in [0.25, 0.3) is 10.9 Å². The molecule has 0 aliphatic carbocycles. The third-order valence-electron chi connectivity index (χ3n) is 12.8. The fraction of sp³-hybridized carbons (Fsp3) is 0.442. The van der Waals surface area contributed by atoms with E-state index in [1.54, 1.807) is 21.9 Å². The number of benzene rings is 3. The van der Waals surface area contributed by atoms with Crippen LogP contribution in [-0.2, 0) is 26.3 Å². The van der Waals surface area contributed by atoms with Crippen LogP contribution in [0.2, 0.25) is 0 Å². The van der Waals surface area contributed by atoms with E-state index in [0.717, 1.165) is 86.1 Å². The molecule has 5 aliphatic heterocycles. The van der Waals surface area contributed by atoms with Crippen LogP contribution in [0.5, 0.6) is 11.5 Å². The molecule has 4 aromatic rings. The van der Waals surface area contributed by atoms with Gasteiger partial charge in [0.15, 0.2) is 11.6 Å². The highest BCUT2D eigenvalue weighted by Crippen LogP contribution is 2.36. The molecule has 2 atom stereocenters. The Kier molecular flexibility index (Phi) is 11.2. The number of nitrogens with zero attached hydrogens (tertiary/aromatic N) is 7. The highest BCUT2D eigenvalue weighted by molar-refractivity contribution is 7.90. The second-order valence-electron chi connectivity index (χ2n) is 16.7. The summed E-state index contributed by atoms with van der Waals surface area (Å²) in [5.74, 6) is -1.80. The van der Waals surface area contributed by atoms with Crippen LogP contribution in [-0.4, -0.2) is 108 Å². The number of likely N-dealkylation sites (tertiary alicyclic amines) is 1. The number of rotatable bonds is 10. The van der Waals surface area contributed by atoms with Gasteiger partial charge in [-0.25, -0.2) is 13.8 Å². The van der Waals surface area contributed by atoms with Gasteiger partial charge in [0.25, 0.3) is 11.5 Å². The van der Waals surface area contributed by atoms with Crippen LogP contribution in [0.1, 0.15) is 72.5 Å². The molecule has 4 saturated heterocycles. The normalized spacial score (nSPS) is 21.9. The van der Waals surface area contributed by atoms with E-state index in [1.165, 1.54) is 12.1 Å². The first-order valence-electron chi connectivity index (χ1n) is 20.9. The minimum atomic E-state index is -4.23. The zero-order chi connectivity index (χ0) is 43.3. The van der Waals surface area contributed by atoms with Crippen molar-refractivity contribution >= 4 is 50.2 Å². The average molecular weight is 870 g/mol. The Balaban J connectivity index is 0.801. The molecule has 19 heteroatoms. The van der Waals surface area contributed by atoms with Gasteiger partial charge < -0.3 is 19.4 Å². The molecule has 2 N–H and O–H groups in total. The predicted molar refractivity (Wildman–Crippen MR) is 223 cm³/mol. The largest absolute Gasteiger partial charge is 0.453 e. The van der Waals surface area contributed by atoms with Gasteiger partial charge in [0.05, 0.1) is 22.9 Å². The molecule has 9 rings (SSSR count). The summed E-state index contributed by atoms with van der Waals surface area (Å²) in [5.41, 5.74) is 2.03. The summed E-state index contributed by atoms with van der Waals surface area (Å²) < 4.78 is 65.3. The number of alkyl halides is 1. The molecule has 4 fully saturated rings. The lowest BCUT2D eigenvalue weighted by atomic mass is 9.94. The van der Waals surface area contributed by atoms with Crippen molar-refractivity contribution in [2.75, 3.05) is 55.4 Å². The number of fused-ring (bicyclic) bond motifs is 2. The van der Waals surface area contributed by atoms with Crippen LogP contribution >= 0.6 is 0 Å². The Hall–Kier alpha value is -5.97. The predicted octanol–water partition coefficient (Wildman–Crippen LogP) is 4.21. The number of hydrogen-bond donors (Lipinski definition) is 2. The van der Waals surface area contributed by atoms with Crippen molar-refractivity contribution in [3.63, 3.8) is 0 Å². The minimum Gasteiger partial charge on any atom is -0.453 e. The number of nitriles is 1. The summed E-state index contributed by atoms with van der Waals surface area (Å²) in [4.78, 5) is 62.0. The van der Waals surface area contributed by atoms with Crippen molar-refractivity contribution in [1.82, 2.24) is 29.0 Å². The summed E-state index contributed by atoms with van der Waals surface area (Å²) in [6.07, 6.45) is 4.35. The average Bonchev–Trinajstić information content (AvgIpc) is 3.85. The van der Waals surface area contributed by atoms with E-state index in [9.17, 15) is 37.2 Å². The summed E-state index contributed by atoms with van der Waals surface area (Å²) in [6, 6.07) is 13.5. The molecule has 324 valence electrons. The number of imide groups is 1. The van der Waals surface area contributed by atoms with Gasteiger partial charge in [-0.3, -0.25) is 33.8 Å². The molecule has 1 aromatic heterocycles.